The standard InChI is InChI=1S/C32H43N3O19/c1-13(36)47-11-20-24(49-15(3)38)27(52-18(6)41)28(53-19(7)42)29-34(30(44)31(45)35(20)29)10-9-22(43)33-23-26(51-17(5)40)25(50-16(4)39)21(12-48-14(2)37)54-32(23)46-8/h20-21,23-29,32H,9-12H2,1-8H3,(H,33,43)/t20-,21-,23+,24-,25-,26-,27+,28+,29+,32+/m1/s1. The summed E-state index contributed by atoms with van der Waals surface area (Å²) in [6.07, 6.45) is -12.6. The van der Waals surface area contributed by atoms with Crippen LogP contribution in [0.4, 0.5) is 0 Å². The topological polar surface area (TPSA) is 272 Å². The van der Waals surface area contributed by atoms with Crippen molar-refractivity contribution in [3.05, 3.63) is 0 Å². The van der Waals surface area contributed by atoms with Crippen LogP contribution in [0.2, 0.25) is 0 Å². The molecule has 0 saturated carbocycles. The molecule has 0 aromatic rings. The quantitative estimate of drug-likeness (QED) is 0.108. The van der Waals surface area contributed by atoms with Crippen molar-refractivity contribution in [2.75, 3.05) is 26.9 Å². The molecule has 0 spiro atoms. The number of fused-ring (bicyclic) bond motifs is 1. The summed E-state index contributed by atoms with van der Waals surface area (Å²) in [5.74, 6) is -9.27. The second kappa shape index (κ2) is 18.6. The fourth-order valence-corrected chi connectivity index (χ4v) is 6.37. The largest absolute Gasteiger partial charge is 0.464 e. The lowest BCUT2D eigenvalue weighted by molar-refractivity contribution is -0.271. The summed E-state index contributed by atoms with van der Waals surface area (Å²) in [6, 6.07) is -2.81. The van der Waals surface area contributed by atoms with Crippen LogP contribution in [0.1, 0.15) is 54.9 Å². The van der Waals surface area contributed by atoms with E-state index in [0.717, 1.165) is 58.3 Å². The number of esters is 7. The highest BCUT2D eigenvalue weighted by atomic mass is 16.7. The van der Waals surface area contributed by atoms with Crippen molar-refractivity contribution in [1.82, 2.24) is 15.1 Å². The molecule has 3 aliphatic rings. The lowest BCUT2D eigenvalue weighted by Crippen LogP contribution is -2.71. The van der Waals surface area contributed by atoms with E-state index < -0.39 is 147 Å². The van der Waals surface area contributed by atoms with Gasteiger partial charge in [-0.05, 0) is 0 Å². The van der Waals surface area contributed by atoms with Gasteiger partial charge in [-0.25, -0.2) is 0 Å². The van der Waals surface area contributed by atoms with Crippen LogP contribution < -0.4 is 5.32 Å². The molecule has 0 aliphatic carbocycles. The van der Waals surface area contributed by atoms with Crippen LogP contribution in [0.3, 0.4) is 0 Å². The molecule has 0 aromatic heterocycles. The number of rotatable bonds is 14. The van der Waals surface area contributed by atoms with E-state index in [1.54, 1.807) is 0 Å². The minimum atomic E-state index is -1.68. The van der Waals surface area contributed by atoms with Gasteiger partial charge in [0.1, 0.15) is 37.6 Å². The van der Waals surface area contributed by atoms with Crippen LogP contribution in [0.25, 0.3) is 0 Å². The Hall–Kier alpha value is -5.38. The third-order valence-electron chi connectivity index (χ3n) is 8.17. The molecule has 3 saturated heterocycles. The SMILES string of the molecule is CO[C@H]1O[C@H](COC(C)=O)[C@@H](OC(C)=O)[C@H](OC(C)=O)[C@@H]1NC(=O)CCN1C(=O)C(=O)N2[C@H](COC(C)=O)[C@@H](OC(C)=O)[C@H](OC(C)=O)[C@H](OC(C)=O)[C@@H]12. The Morgan fingerprint density at radius 2 is 1.09 bits per heavy atom. The van der Waals surface area contributed by atoms with E-state index >= 15 is 0 Å². The first kappa shape index (κ1) is 43.0. The van der Waals surface area contributed by atoms with Crippen molar-refractivity contribution in [1.29, 1.82) is 0 Å². The number of nitrogens with one attached hydrogen (secondary N) is 1. The lowest BCUT2D eigenvalue weighted by atomic mass is 9.91. The molecule has 3 amide bonds. The minimum Gasteiger partial charge on any atom is -0.464 e. The first-order chi connectivity index (χ1) is 25.3. The molecule has 3 aliphatic heterocycles. The van der Waals surface area contributed by atoms with Crippen molar-refractivity contribution in [2.45, 2.75) is 116 Å². The Morgan fingerprint density at radius 1 is 0.611 bits per heavy atom. The second-order valence-electron chi connectivity index (χ2n) is 12.3. The number of carbonyl (C=O) groups is 10. The predicted octanol–water partition coefficient (Wildman–Crippen LogP) is -2.60. The van der Waals surface area contributed by atoms with E-state index in [9.17, 15) is 47.9 Å². The maximum Gasteiger partial charge on any atom is 0.314 e. The Balaban J connectivity index is 1.98. The van der Waals surface area contributed by atoms with E-state index in [1.165, 1.54) is 7.11 Å². The van der Waals surface area contributed by atoms with E-state index in [0.29, 0.717) is 0 Å². The Morgan fingerprint density at radius 3 is 1.61 bits per heavy atom. The zero-order valence-electron chi connectivity index (χ0n) is 30.8. The van der Waals surface area contributed by atoms with E-state index in [-0.39, 0.29) is 0 Å². The Kier molecular flexibility index (Phi) is 14.8. The summed E-state index contributed by atoms with van der Waals surface area (Å²) < 4.78 is 48.4. The minimum absolute atomic E-state index is 0.455. The van der Waals surface area contributed by atoms with Crippen molar-refractivity contribution in [2.24, 2.45) is 0 Å². The molecule has 3 rings (SSSR count). The maximum absolute atomic E-state index is 13.6. The maximum atomic E-state index is 13.6. The number of hydrogen-bond acceptors (Lipinski definition) is 19. The number of hydrogen-bond donors (Lipinski definition) is 1. The van der Waals surface area contributed by atoms with Gasteiger partial charge in [-0.3, -0.25) is 52.8 Å². The Labute approximate surface area is 308 Å². The summed E-state index contributed by atoms with van der Waals surface area (Å²) >= 11 is 0. The molecular weight excluding hydrogens is 730 g/mol. The first-order valence-corrected chi connectivity index (χ1v) is 16.5. The van der Waals surface area contributed by atoms with Gasteiger partial charge in [-0.1, -0.05) is 0 Å². The highest BCUT2D eigenvalue weighted by molar-refractivity contribution is 6.37. The molecule has 0 bridgehead atoms. The number of amides is 3. The highest BCUT2D eigenvalue weighted by Crippen LogP contribution is 2.37. The summed E-state index contributed by atoms with van der Waals surface area (Å²) in [5.41, 5.74) is 0. The van der Waals surface area contributed by atoms with Crippen LogP contribution >= 0.6 is 0 Å². The molecule has 3 heterocycles. The number of piperidine rings is 1. The summed E-state index contributed by atoms with van der Waals surface area (Å²) in [5, 5.41) is 2.56. The smallest absolute Gasteiger partial charge is 0.314 e. The zero-order chi connectivity index (χ0) is 40.6. The van der Waals surface area contributed by atoms with E-state index in [2.05, 4.69) is 5.32 Å². The molecule has 0 radical (unpaired) electrons. The molecule has 22 heteroatoms. The van der Waals surface area contributed by atoms with E-state index in [1.807, 2.05) is 0 Å². The van der Waals surface area contributed by atoms with Crippen molar-refractivity contribution in [3.63, 3.8) is 0 Å². The zero-order valence-corrected chi connectivity index (χ0v) is 30.8. The number of ether oxygens (including phenoxy) is 9. The third kappa shape index (κ3) is 10.6. The predicted molar refractivity (Wildman–Crippen MR) is 169 cm³/mol. The van der Waals surface area contributed by atoms with Crippen molar-refractivity contribution < 1.29 is 90.6 Å². The van der Waals surface area contributed by atoms with Crippen molar-refractivity contribution in [3.8, 4) is 0 Å². The van der Waals surface area contributed by atoms with Gasteiger partial charge in [0.2, 0.25) is 5.91 Å². The van der Waals surface area contributed by atoms with Crippen LogP contribution in [-0.2, 0) is 90.6 Å². The lowest BCUT2D eigenvalue weighted by Gasteiger charge is -2.49. The molecule has 22 nitrogen and oxygen atoms in total. The number of nitrogens with zero attached hydrogens (tertiary/aromatic N) is 2. The molecule has 0 aromatic carbocycles. The van der Waals surface area contributed by atoms with Crippen LogP contribution in [0, 0.1) is 0 Å². The molecule has 3 fully saturated rings. The molecule has 1 N–H and O–H groups in total. The van der Waals surface area contributed by atoms with Crippen LogP contribution in [-0.4, -0.2) is 157 Å². The normalized spacial score (nSPS) is 28.9. The van der Waals surface area contributed by atoms with E-state index in [4.69, 9.17) is 42.6 Å². The number of methoxy groups -OCH3 is 1. The van der Waals surface area contributed by atoms with Gasteiger partial charge in [-0.2, -0.15) is 0 Å². The molecular formula is C32H43N3O19. The van der Waals surface area contributed by atoms with Gasteiger partial charge in [0.05, 0.1) is 0 Å². The summed E-state index contributed by atoms with van der Waals surface area (Å²) in [6.45, 7) is 5.63. The highest BCUT2D eigenvalue weighted by Gasteiger charge is 2.63. The van der Waals surface area contributed by atoms with Gasteiger partial charge in [0.15, 0.2) is 36.8 Å². The summed E-state index contributed by atoms with van der Waals surface area (Å²) in [7, 11) is 1.19. The molecule has 0 unspecified atom stereocenters. The average Bonchev–Trinajstić information content (AvgIpc) is 3.29. The average molecular weight is 774 g/mol. The van der Waals surface area contributed by atoms with Crippen LogP contribution in [0.15, 0.2) is 0 Å². The van der Waals surface area contributed by atoms with Gasteiger partial charge in [-0.15, -0.1) is 0 Å². The van der Waals surface area contributed by atoms with Gasteiger partial charge < -0.3 is 52.8 Å². The van der Waals surface area contributed by atoms with Gasteiger partial charge in [0, 0.05) is 68.5 Å². The summed E-state index contributed by atoms with van der Waals surface area (Å²) in [4.78, 5) is 127. The van der Waals surface area contributed by atoms with Gasteiger partial charge >= 0.3 is 53.6 Å². The fourth-order valence-electron chi connectivity index (χ4n) is 6.37. The Bertz CT molecular complexity index is 1520. The molecule has 300 valence electrons. The second-order valence-corrected chi connectivity index (χ2v) is 12.3. The monoisotopic (exact) mass is 773 g/mol. The third-order valence-corrected chi connectivity index (χ3v) is 8.17. The number of carbonyl (C=O) groups excluding carboxylic acids is 10. The van der Waals surface area contributed by atoms with Gasteiger partial charge in [0.25, 0.3) is 0 Å². The van der Waals surface area contributed by atoms with Crippen molar-refractivity contribution >= 4 is 59.5 Å². The molecule has 54 heavy (non-hydrogen) atoms. The van der Waals surface area contributed by atoms with Crippen LogP contribution in [0.5, 0.6) is 0 Å². The fraction of sp³-hybridized carbons (Fsp3) is 0.688. The molecule has 10 atom stereocenters. The first-order valence-electron chi connectivity index (χ1n) is 16.5.